The van der Waals surface area contributed by atoms with Crippen molar-refractivity contribution in [3.63, 3.8) is 0 Å². The Bertz CT molecular complexity index is 910. The number of hydrogen-bond donors (Lipinski definition) is 0. The van der Waals surface area contributed by atoms with Crippen LogP contribution < -0.4 is 0 Å². The van der Waals surface area contributed by atoms with Gasteiger partial charge in [-0.05, 0) is 36.5 Å². The van der Waals surface area contributed by atoms with Crippen molar-refractivity contribution in [2.75, 3.05) is 13.1 Å². The van der Waals surface area contributed by atoms with Gasteiger partial charge in [0.15, 0.2) is 5.11 Å². The Morgan fingerprint density at radius 1 is 0.750 bits per heavy atom. The fraction of sp³-hybridized carbons (Fsp3) is 0.118. The number of non-ortho nitro benzene ring substituents is 2. The third-order valence-electron chi connectivity index (χ3n) is 4.15. The lowest BCUT2D eigenvalue weighted by Gasteiger charge is -2.19. The van der Waals surface area contributed by atoms with Crippen LogP contribution in [-0.4, -0.2) is 49.7 Å². The second kappa shape index (κ2) is 7.48. The molecule has 1 heterocycles. The van der Waals surface area contributed by atoms with Crippen LogP contribution in [0, 0.1) is 20.2 Å². The molecule has 0 saturated carbocycles. The Morgan fingerprint density at radius 3 is 1.36 bits per heavy atom. The summed E-state index contributed by atoms with van der Waals surface area (Å²) in [4.78, 5) is 48.0. The van der Waals surface area contributed by atoms with E-state index in [9.17, 15) is 29.8 Å². The summed E-state index contributed by atoms with van der Waals surface area (Å²) >= 11 is 5.24. The highest BCUT2D eigenvalue weighted by molar-refractivity contribution is 7.80. The van der Waals surface area contributed by atoms with Crippen LogP contribution >= 0.6 is 12.2 Å². The molecule has 0 N–H and O–H groups in total. The zero-order chi connectivity index (χ0) is 20.4. The van der Waals surface area contributed by atoms with Crippen molar-refractivity contribution in [2.45, 2.75) is 0 Å². The molecular formula is C17H12N4O6S. The van der Waals surface area contributed by atoms with E-state index in [1.165, 1.54) is 58.3 Å². The summed E-state index contributed by atoms with van der Waals surface area (Å²) in [6, 6.07) is 10.2. The standard InChI is InChI=1S/C17H12N4O6S/c22-15(11-1-5-13(6-2-11)20(24)25)18-9-10-19(17(18)28)16(23)12-3-7-14(8-4-12)21(26)27/h1-8H,9-10H2. The molecule has 1 aliphatic heterocycles. The number of nitro benzene ring substituents is 2. The van der Waals surface area contributed by atoms with Crippen LogP contribution in [-0.2, 0) is 0 Å². The Labute approximate surface area is 163 Å². The van der Waals surface area contributed by atoms with E-state index in [0.29, 0.717) is 0 Å². The maximum Gasteiger partial charge on any atom is 0.269 e. The minimum atomic E-state index is -0.570. The van der Waals surface area contributed by atoms with Gasteiger partial charge in [0.2, 0.25) is 0 Å². The summed E-state index contributed by atoms with van der Waals surface area (Å²) < 4.78 is 0. The van der Waals surface area contributed by atoms with E-state index in [-0.39, 0.29) is 40.7 Å². The molecule has 0 atom stereocenters. The van der Waals surface area contributed by atoms with Gasteiger partial charge < -0.3 is 0 Å². The predicted molar refractivity (Wildman–Crippen MR) is 101 cm³/mol. The molecule has 0 bridgehead atoms. The predicted octanol–water partition coefficient (Wildman–Crippen LogP) is 2.39. The third kappa shape index (κ3) is 3.55. The molecule has 10 nitrogen and oxygen atoms in total. The molecule has 3 rings (SSSR count). The number of amides is 2. The molecule has 11 heteroatoms. The average Bonchev–Trinajstić information content (AvgIpc) is 3.08. The van der Waals surface area contributed by atoms with Crippen molar-refractivity contribution in [3.05, 3.63) is 79.9 Å². The maximum absolute atomic E-state index is 12.6. The first-order chi connectivity index (χ1) is 13.3. The highest BCUT2D eigenvalue weighted by Crippen LogP contribution is 2.20. The topological polar surface area (TPSA) is 127 Å². The molecule has 1 aliphatic rings. The van der Waals surface area contributed by atoms with Gasteiger partial charge in [-0.1, -0.05) is 0 Å². The SMILES string of the molecule is O=C(c1ccc([N+](=O)[O-])cc1)N1CCN(C(=O)c2ccc([N+](=O)[O-])cc2)C1=S. The molecule has 0 spiro atoms. The molecule has 142 valence electrons. The fourth-order valence-electron chi connectivity index (χ4n) is 2.68. The van der Waals surface area contributed by atoms with E-state index >= 15 is 0 Å². The zero-order valence-electron chi connectivity index (χ0n) is 14.2. The number of hydrogen-bond acceptors (Lipinski definition) is 7. The largest absolute Gasteiger partial charge is 0.283 e. The first-order valence-corrected chi connectivity index (χ1v) is 8.37. The molecule has 0 unspecified atom stereocenters. The lowest BCUT2D eigenvalue weighted by atomic mass is 10.2. The van der Waals surface area contributed by atoms with Gasteiger partial charge in [-0.2, -0.15) is 0 Å². The van der Waals surface area contributed by atoms with Crippen molar-refractivity contribution in [3.8, 4) is 0 Å². The van der Waals surface area contributed by atoms with Crippen LogP contribution in [0.15, 0.2) is 48.5 Å². The van der Waals surface area contributed by atoms with Crippen molar-refractivity contribution < 1.29 is 19.4 Å². The number of thiocarbonyl (C=S) groups is 1. The number of benzene rings is 2. The molecule has 2 aromatic rings. The highest BCUT2D eigenvalue weighted by Gasteiger charge is 2.34. The average molecular weight is 400 g/mol. The monoisotopic (exact) mass is 400 g/mol. The number of carbonyl (C=O) groups excluding carboxylic acids is 2. The van der Waals surface area contributed by atoms with Gasteiger partial charge in [0.25, 0.3) is 23.2 Å². The second-order valence-corrected chi connectivity index (χ2v) is 6.17. The zero-order valence-corrected chi connectivity index (χ0v) is 15.0. The van der Waals surface area contributed by atoms with E-state index in [1.807, 2.05) is 0 Å². The molecule has 28 heavy (non-hydrogen) atoms. The van der Waals surface area contributed by atoms with Gasteiger partial charge >= 0.3 is 0 Å². The number of rotatable bonds is 4. The molecule has 1 fully saturated rings. The number of carbonyl (C=O) groups is 2. The fourth-order valence-corrected chi connectivity index (χ4v) is 3.03. The van der Waals surface area contributed by atoms with Crippen LogP contribution in [0.3, 0.4) is 0 Å². The van der Waals surface area contributed by atoms with Crippen molar-refractivity contribution in [2.24, 2.45) is 0 Å². The second-order valence-electron chi connectivity index (χ2n) is 5.80. The summed E-state index contributed by atoms with van der Waals surface area (Å²) in [5, 5.41) is 21.4. The van der Waals surface area contributed by atoms with Gasteiger partial charge in [-0.25, -0.2) is 0 Å². The van der Waals surface area contributed by atoms with Crippen LogP contribution in [0.1, 0.15) is 20.7 Å². The molecule has 2 aromatic carbocycles. The molecule has 0 radical (unpaired) electrons. The summed E-state index contributed by atoms with van der Waals surface area (Å²) in [5.41, 5.74) is 0.126. The molecule has 2 amide bonds. The summed E-state index contributed by atoms with van der Waals surface area (Å²) in [7, 11) is 0. The summed E-state index contributed by atoms with van der Waals surface area (Å²) in [6.07, 6.45) is 0. The first kappa shape index (κ1) is 19.0. The van der Waals surface area contributed by atoms with E-state index < -0.39 is 21.7 Å². The third-order valence-corrected chi connectivity index (χ3v) is 4.59. The van der Waals surface area contributed by atoms with Crippen molar-refractivity contribution in [1.82, 2.24) is 9.80 Å². The number of nitrogens with zero attached hydrogens (tertiary/aromatic N) is 4. The van der Waals surface area contributed by atoms with Crippen molar-refractivity contribution >= 4 is 40.5 Å². The highest BCUT2D eigenvalue weighted by atomic mass is 32.1. The Balaban J connectivity index is 1.74. The Kier molecular flexibility index (Phi) is 5.09. The van der Waals surface area contributed by atoms with E-state index in [4.69, 9.17) is 12.2 Å². The summed E-state index contributed by atoms with van der Waals surface area (Å²) in [5.74, 6) is -0.946. The van der Waals surface area contributed by atoms with Gasteiger partial charge in [0, 0.05) is 48.5 Å². The van der Waals surface area contributed by atoms with Gasteiger partial charge in [0.05, 0.1) is 9.85 Å². The van der Waals surface area contributed by atoms with Gasteiger partial charge in [-0.15, -0.1) is 0 Å². The smallest absolute Gasteiger partial charge is 0.269 e. The quantitative estimate of drug-likeness (QED) is 0.438. The Hall–Kier alpha value is -3.73. The van der Waals surface area contributed by atoms with Gasteiger partial charge in [-0.3, -0.25) is 39.6 Å². The lowest BCUT2D eigenvalue weighted by Crippen LogP contribution is -2.38. The van der Waals surface area contributed by atoms with Crippen LogP contribution in [0.25, 0.3) is 0 Å². The Morgan fingerprint density at radius 2 is 1.07 bits per heavy atom. The minimum Gasteiger partial charge on any atom is -0.283 e. The van der Waals surface area contributed by atoms with E-state index in [1.54, 1.807) is 0 Å². The molecular weight excluding hydrogens is 388 g/mol. The van der Waals surface area contributed by atoms with Crippen LogP contribution in [0.4, 0.5) is 11.4 Å². The molecule has 1 saturated heterocycles. The van der Waals surface area contributed by atoms with Gasteiger partial charge in [0.1, 0.15) is 0 Å². The minimum absolute atomic E-state index is 0.00621. The normalized spacial score (nSPS) is 13.5. The van der Waals surface area contributed by atoms with Crippen LogP contribution in [0.2, 0.25) is 0 Å². The lowest BCUT2D eigenvalue weighted by molar-refractivity contribution is -0.385. The first-order valence-electron chi connectivity index (χ1n) is 7.96. The van der Waals surface area contributed by atoms with E-state index in [0.717, 1.165) is 0 Å². The van der Waals surface area contributed by atoms with E-state index in [2.05, 4.69) is 0 Å². The van der Waals surface area contributed by atoms with Crippen LogP contribution in [0.5, 0.6) is 0 Å². The maximum atomic E-state index is 12.6. The molecule has 0 aromatic heterocycles. The number of nitro groups is 2. The summed E-state index contributed by atoms with van der Waals surface area (Å²) in [6.45, 7) is 0.348. The van der Waals surface area contributed by atoms with Crippen molar-refractivity contribution in [1.29, 1.82) is 0 Å². The molecule has 0 aliphatic carbocycles.